The second-order valence-electron chi connectivity index (χ2n) is 2.16. The lowest BCUT2D eigenvalue weighted by Gasteiger charge is -1.86. The molecule has 0 aliphatic carbocycles. The largest absolute Gasteiger partial charge is 0.370 e. The van der Waals surface area contributed by atoms with Crippen LogP contribution in [0.2, 0.25) is 0 Å². The molecule has 1 aromatic carbocycles. The molecule has 90 valence electrons. The number of rotatable bonds is 1. The maximum atomic E-state index is 6.06. The average Bonchev–Trinajstić information content (AvgIpc) is 2.22. The first-order chi connectivity index (χ1) is 7.16. The number of hydrogen-bond acceptors (Lipinski definition) is 1. The van der Waals surface area contributed by atoms with Gasteiger partial charge < -0.3 is 11.5 Å². The summed E-state index contributed by atoms with van der Waals surface area (Å²) in [7, 11) is 0. The van der Waals surface area contributed by atoms with E-state index in [1.54, 1.807) is 0 Å². The van der Waals surface area contributed by atoms with Gasteiger partial charge in [-0.25, -0.2) is 0 Å². The number of nitrogens with two attached hydrogens (primary N) is 2. The Morgan fingerprint density at radius 3 is 1.88 bits per heavy atom. The van der Waals surface area contributed by atoms with Crippen molar-refractivity contribution in [3.8, 4) is 0 Å². The fourth-order valence-electron chi connectivity index (χ4n) is 0.637. The average molecular weight is 262 g/mol. The molecule has 0 bridgehead atoms. The molecule has 5 N–H and O–H groups in total. The Morgan fingerprint density at radius 1 is 1.19 bits per heavy atom. The maximum Gasteiger partial charge on any atom is 0.183 e. The summed E-state index contributed by atoms with van der Waals surface area (Å²) >= 11 is 5.36. The van der Waals surface area contributed by atoms with Crippen LogP contribution in [-0.2, 0) is 0 Å². The third-order valence-electron chi connectivity index (χ3n) is 1.06. The van der Waals surface area contributed by atoms with Gasteiger partial charge in [0.05, 0.1) is 0 Å². The van der Waals surface area contributed by atoms with E-state index >= 15 is 0 Å². The van der Waals surface area contributed by atoms with Crippen LogP contribution < -0.4 is 11.5 Å². The van der Waals surface area contributed by atoms with E-state index in [4.69, 9.17) is 17.0 Å². The molecule has 0 radical (unpaired) electrons. The van der Waals surface area contributed by atoms with Crippen molar-refractivity contribution in [1.82, 2.24) is 0 Å². The fraction of sp³-hybridized carbons (Fsp3) is 0. The van der Waals surface area contributed by atoms with Crippen molar-refractivity contribution in [2.45, 2.75) is 0 Å². The molecule has 1 aromatic rings. The van der Waals surface area contributed by atoms with Gasteiger partial charge in [0, 0.05) is 5.54 Å². The molecule has 16 heavy (non-hydrogen) atoms. The molecule has 0 amide bonds. The summed E-state index contributed by atoms with van der Waals surface area (Å²) in [6.07, 6.45) is 1.85. The highest BCUT2D eigenvalue weighted by molar-refractivity contribution is 6.27. The third-order valence-corrected chi connectivity index (χ3v) is 1.18. The molecule has 0 aliphatic rings. The molecular formula is C11H17Cl2N3. The van der Waals surface area contributed by atoms with Crippen LogP contribution >= 0.6 is 24.0 Å². The molecule has 0 atom stereocenters. The summed E-state index contributed by atoms with van der Waals surface area (Å²) in [6, 6.07) is 9.93. The first kappa shape index (κ1) is 20.0. The Labute approximate surface area is 108 Å². The van der Waals surface area contributed by atoms with Gasteiger partial charge in [0.15, 0.2) is 5.96 Å². The van der Waals surface area contributed by atoms with Gasteiger partial charge in [-0.05, 0) is 11.6 Å². The third kappa shape index (κ3) is 18.4. The Hall–Kier alpha value is -1.45. The Balaban J connectivity index is -0.000000209. The quantitative estimate of drug-likeness (QED) is 0.413. The normalized spacial score (nSPS) is 7.56. The van der Waals surface area contributed by atoms with Crippen molar-refractivity contribution in [3.05, 3.63) is 54.6 Å². The van der Waals surface area contributed by atoms with Gasteiger partial charge in [0.2, 0.25) is 0 Å². The minimum atomic E-state index is -0.333. The summed E-state index contributed by atoms with van der Waals surface area (Å²) in [4.78, 5) is 0. The number of guanidine groups is 1. The van der Waals surface area contributed by atoms with Gasteiger partial charge in [0.25, 0.3) is 0 Å². The van der Waals surface area contributed by atoms with Crippen molar-refractivity contribution in [3.63, 3.8) is 0 Å². The first-order valence-corrected chi connectivity index (χ1v) is 4.51. The summed E-state index contributed by atoms with van der Waals surface area (Å²) < 4.78 is 0. The highest BCUT2D eigenvalue weighted by atomic mass is 35.5. The number of benzene rings is 1. The molecule has 0 unspecified atom stereocenters. The zero-order valence-electron chi connectivity index (χ0n) is 8.90. The van der Waals surface area contributed by atoms with Crippen molar-refractivity contribution >= 4 is 36.0 Å². The minimum absolute atomic E-state index is 0. The molecule has 5 heteroatoms. The monoisotopic (exact) mass is 261 g/mol. The van der Waals surface area contributed by atoms with Gasteiger partial charge in [0.1, 0.15) is 0 Å². The SMILES string of the molecule is C=C.Cl.ClC=Cc1ccccc1.N=C(N)N. The van der Waals surface area contributed by atoms with E-state index in [-0.39, 0.29) is 18.4 Å². The van der Waals surface area contributed by atoms with Crippen LogP contribution in [0.5, 0.6) is 0 Å². The van der Waals surface area contributed by atoms with Crippen molar-refractivity contribution in [2.75, 3.05) is 0 Å². The fourth-order valence-corrected chi connectivity index (χ4v) is 0.782. The van der Waals surface area contributed by atoms with Gasteiger partial charge in [-0.3, -0.25) is 5.41 Å². The summed E-state index contributed by atoms with van der Waals surface area (Å²) in [5, 5.41) is 6.06. The van der Waals surface area contributed by atoms with Crippen molar-refractivity contribution < 1.29 is 0 Å². The molecule has 0 fully saturated rings. The van der Waals surface area contributed by atoms with E-state index < -0.39 is 0 Å². The Kier molecular flexibility index (Phi) is 20.0. The smallest absolute Gasteiger partial charge is 0.183 e. The zero-order valence-corrected chi connectivity index (χ0v) is 10.5. The summed E-state index contributed by atoms with van der Waals surface area (Å²) in [5.41, 5.74) is 11.6. The molecule has 0 spiro atoms. The van der Waals surface area contributed by atoms with E-state index in [1.165, 1.54) is 5.54 Å². The van der Waals surface area contributed by atoms with E-state index in [2.05, 4.69) is 24.6 Å². The standard InChI is InChI=1S/C8H7Cl.C2H4.CH5N3.ClH/c9-7-6-8-4-2-1-3-5-8;1-2;2-1(3)4;/h1-7H;1-2H2;(H5,2,3,4);1H. The lowest BCUT2D eigenvalue weighted by Crippen LogP contribution is -2.20. The maximum absolute atomic E-state index is 6.06. The predicted molar refractivity (Wildman–Crippen MR) is 75.9 cm³/mol. The Morgan fingerprint density at radius 2 is 1.56 bits per heavy atom. The molecule has 3 nitrogen and oxygen atoms in total. The molecular weight excluding hydrogens is 245 g/mol. The van der Waals surface area contributed by atoms with Gasteiger partial charge in [-0.2, -0.15) is 0 Å². The van der Waals surface area contributed by atoms with Crippen LogP contribution in [0.1, 0.15) is 5.56 Å². The van der Waals surface area contributed by atoms with Crippen molar-refractivity contribution in [1.29, 1.82) is 5.41 Å². The van der Waals surface area contributed by atoms with Crippen LogP contribution in [0.3, 0.4) is 0 Å². The molecule has 0 aromatic heterocycles. The molecule has 1 rings (SSSR count). The first-order valence-electron chi connectivity index (χ1n) is 4.08. The van der Waals surface area contributed by atoms with E-state index in [0.29, 0.717) is 0 Å². The van der Waals surface area contributed by atoms with Crippen LogP contribution in [-0.4, -0.2) is 5.96 Å². The van der Waals surface area contributed by atoms with Gasteiger partial charge >= 0.3 is 0 Å². The van der Waals surface area contributed by atoms with Gasteiger partial charge in [-0.15, -0.1) is 25.6 Å². The van der Waals surface area contributed by atoms with E-state index in [1.807, 2.05) is 36.4 Å². The molecule has 0 saturated heterocycles. The molecule has 0 aliphatic heterocycles. The Bertz CT molecular complexity index is 283. The van der Waals surface area contributed by atoms with Crippen LogP contribution in [0, 0.1) is 5.41 Å². The van der Waals surface area contributed by atoms with Gasteiger partial charge in [-0.1, -0.05) is 41.9 Å². The van der Waals surface area contributed by atoms with Crippen LogP contribution in [0.25, 0.3) is 6.08 Å². The lowest BCUT2D eigenvalue weighted by molar-refractivity contribution is 1.39. The predicted octanol–water partition coefficient (Wildman–Crippen LogP) is 2.96. The number of hydrogen-bond donors (Lipinski definition) is 3. The van der Waals surface area contributed by atoms with Crippen LogP contribution in [0.15, 0.2) is 49.0 Å². The lowest BCUT2D eigenvalue weighted by atomic mass is 10.2. The minimum Gasteiger partial charge on any atom is -0.370 e. The highest BCUT2D eigenvalue weighted by Gasteiger charge is 1.78. The molecule has 0 saturated carbocycles. The van der Waals surface area contributed by atoms with E-state index in [0.717, 1.165) is 5.56 Å². The number of halogens is 2. The highest BCUT2D eigenvalue weighted by Crippen LogP contribution is 2.00. The number of nitrogens with one attached hydrogen (secondary N) is 1. The summed E-state index contributed by atoms with van der Waals surface area (Å²) in [5.74, 6) is -0.333. The second kappa shape index (κ2) is 16.0. The molecule has 0 heterocycles. The second-order valence-corrected chi connectivity index (χ2v) is 2.41. The van der Waals surface area contributed by atoms with E-state index in [9.17, 15) is 0 Å². The topological polar surface area (TPSA) is 75.9 Å². The van der Waals surface area contributed by atoms with Crippen molar-refractivity contribution in [2.24, 2.45) is 11.5 Å². The summed E-state index contributed by atoms with van der Waals surface area (Å²) in [6.45, 7) is 6.00. The van der Waals surface area contributed by atoms with Crippen LogP contribution in [0.4, 0.5) is 0 Å². The zero-order chi connectivity index (χ0) is 12.1.